The second-order valence-corrected chi connectivity index (χ2v) is 4.63. The molecule has 0 N–H and O–H groups in total. The number of carbonyl (C=O) groups excluding carboxylic acids is 1. The van der Waals surface area contributed by atoms with Crippen LogP contribution in [0.2, 0.25) is 0 Å². The number of likely N-dealkylation sites (N-methyl/N-ethyl adjacent to an activating group) is 1. The van der Waals surface area contributed by atoms with Crippen LogP contribution in [0.5, 0.6) is 0 Å². The van der Waals surface area contributed by atoms with Gasteiger partial charge in [-0.2, -0.15) is 0 Å². The standard InChI is InChI=1S/C18H16N2O/c1-14(2)18(21)20(3)17-10-5-4-8-15(17)11-12-16-9-6-7-13-19-16/h4-10,13H,1H2,2-3H3. The van der Waals surface area contributed by atoms with Gasteiger partial charge in [-0.3, -0.25) is 4.79 Å². The molecular weight excluding hydrogens is 260 g/mol. The maximum absolute atomic E-state index is 12.0. The molecule has 21 heavy (non-hydrogen) atoms. The van der Waals surface area contributed by atoms with Crippen LogP contribution >= 0.6 is 0 Å². The molecule has 0 fully saturated rings. The Morgan fingerprint density at radius 2 is 1.86 bits per heavy atom. The molecule has 0 unspecified atom stereocenters. The van der Waals surface area contributed by atoms with Gasteiger partial charge in [0.25, 0.3) is 5.91 Å². The lowest BCUT2D eigenvalue weighted by Gasteiger charge is -2.18. The summed E-state index contributed by atoms with van der Waals surface area (Å²) in [5.74, 6) is 5.95. The number of para-hydroxylation sites is 1. The van der Waals surface area contributed by atoms with Gasteiger partial charge in [0.05, 0.1) is 5.69 Å². The van der Waals surface area contributed by atoms with Crippen LogP contribution in [-0.4, -0.2) is 17.9 Å². The molecule has 0 bridgehead atoms. The maximum atomic E-state index is 12.0. The van der Waals surface area contributed by atoms with E-state index in [9.17, 15) is 4.79 Å². The number of hydrogen-bond donors (Lipinski definition) is 0. The lowest BCUT2D eigenvalue weighted by Crippen LogP contribution is -2.27. The third-order valence-corrected chi connectivity index (χ3v) is 2.93. The zero-order chi connectivity index (χ0) is 15.2. The average Bonchev–Trinajstić information content (AvgIpc) is 2.52. The van der Waals surface area contributed by atoms with Crippen molar-refractivity contribution >= 4 is 11.6 Å². The molecule has 1 amide bonds. The number of nitrogens with zero attached hydrogens (tertiary/aromatic N) is 2. The fourth-order valence-electron chi connectivity index (χ4n) is 1.84. The number of rotatable bonds is 2. The summed E-state index contributed by atoms with van der Waals surface area (Å²) in [7, 11) is 1.72. The Morgan fingerprint density at radius 3 is 2.52 bits per heavy atom. The third-order valence-electron chi connectivity index (χ3n) is 2.93. The van der Waals surface area contributed by atoms with Gasteiger partial charge in [-0.15, -0.1) is 0 Å². The molecule has 0 saturated heterocycles. The highest BCUT2D eigenvalue weighted by Gasteiger charge is 2.13. The monoisotopic (exact) mass is 276 g/mol. The topological polar surface area (TPSA) is 33.2 Å². The van der Waals surface area contributed by atoms with Crippen LogP contribution in [0, 0.1) is 11.8 Å². The van der Waals surface area contributed by atoms with Crippen LogP contribution in [0.25, 0.3) is 0 Å². The normalized spacial score (nSPS) is 9.43. The molecule has 0 spiro atoms. The summed E-state index contributed by atoms with van der Waals surface area (Å²) in [6.07, 6.45) is 1.70. The molecule has 1 heterocycles. The number of carbonyl (C=O) groups is 1. The molecule has 0 aliphatic rings. The minimum atomic E-state index is -0.123. The van der Waals surface area contributed by atoms with Gasteiger partial charge < -0.3 is 4.90 Å². The lowest BCUT2D eigenvalue weighted by atomic mass is 10.1. The molecule has 3 nitrogen and oxygen atoms in total. The first-order valence-electron chi connectivity index (χ1n) is 6.55. The predicted molar refractivity (Wildman–Crippen MR) is 84.9 cm³/mol. The molecule has 104 valence electrons. The smallest absolute Gasteiger partial charge is 0.253 e. The van der Waals surface area contributed by atoms with Crippen LogP contribution in [0.15, 0.2) is 60.8 Å². The van der Waals surface area contributed by atoms with Crippen molar-refractivity contribution in [3.8, 4) is 11.8 Å². The van der Waals surface area contributed by atoms with Crippen molar-refractivity contribution in [2.45, 2.75) is 6.92 Å². The third kappa shape index (κ3) is 3.58. The second kappa shape index (κ2) is 6.53. The highest BCUT2D eigenvalue weighted by Crippen LogP contribution is 2.19. The van der Waals surface area contributed by atoms with Crippen LogP contribution < -0.4 is 4.90 Å². The molecule has 0 radical (unpaired) electrons. The molecule has 2 aromatic rings. The van der Waals surface area contributed by atoms with E-state index in [1.54, 1.807) is 25.1 Å². The largest absolute Gasteiger partial charge is 0.310 e. The zero-order valence-electron chi connectivity index (χ0n) is 12.1. The Bertz CT molecular complexity index is 724. The Labute approximate surface area is 124 Å². The van der Waals surface area contributed by atoms with Crippen molar-refractivity contribution in [3.63, 3.8) is 0 Å². The van der Waals surface area contributed by atoms with Gasteiger partial charge in [0.1, 0.15) is 5.69 Å². The van der Waals surface area contributed by atoms with Crippen molar-refractivity contribution in [1.29, 1.82) is 0 Å². The highest BCUT2D eigenvalue weighted by molar-refractivity contribution is 6.05. The quantitative estimate of drug-likeness (QED) is 0.624. The van der Waals surface area contributed by atoms with Gasteiger partial charge in [0.15, 0.2) is 0 Å². The molecule has 0 atom stereocenters. The predicted octanol–water partition coefficient (Wildman–Crippen LogP) is 3.02. The summed E-state index contributed by atoms with van der Waals surface area (Å²) in [4.78, 5) is 17.8. The average molecular weight is 276 g/mol. The van der Waals surface area contributed by atoms with Gasteiger partial charge in [0, 0.05) is 24.4 Å². The molecule has 0 aliphatic carbocycles. The Kier molecular flexibility index (Phi) is 4.53. The van der Waals surface area contributed by atoms with Crippen molar-refractivity contribution < 1.29 is 4.79 Å². The van der Waals surface area contributed by atoms with E-state index < -0.39 is 0 Å². The Hall–Kier alpha value is -2.86. The van der Waals surface area contributed by atoms with Crippen LogP contribution in [0.3, 0.4) is 0 Å². The van der Waals surface area contributed by atoms with Gasteiger partial charge in [-0.1, -0.05) is 30.7 Å². The summed E-state index contributed by atoms with van der Waals surface area (Å²) >= 11 is 0. The van der Waals surface area contributed by atoms with Gasteiger partial charge in [-0.05, 0) is 37.1 Å². The molecule has 0 saturated carbocycles. The lowest BCUT2D eigenvalue weighted by molar-refractivity contribution is -0.114. The summed E-state index contributed by atoms with van der Waals surface area (Å²) in [6.45, 7) is 5.38. The van der Waals surface area contributed by atoms with Crippen molar-refractivity contribution in [3.05, 3.63) is 72.1 Å². The minimum absolute atomic E-state index is 0.123. The first kappa shape index (κ1) is 14.5. The number of hydrogen-bond acceptors (Lipinski definition) is 2. The zero-order valence-corrected chi connectivity index (χ0v) is 12.1. The van der Waals surface area contributed by atoms with E-state index in [0.717, 1.165) is 11.3 Å². The molecule has 2 rings (SSSR count). The molecular formula is C18H16N2O. The van der Waals surface area contributed by atoms with Crippen molar-refractivity contribution in [2.75, 3.05) is 11.9 Å². The summed E-state index contributed by atoms with van der Waals surface area (Å²) in [6, 6.07) is 13.1. The van der Waals surface area contributed by atoms with Gasteiger partial charge in [-0.25, -0.2) is 4.98 Å². The number of anilines is 1. The molecule has 1 aromatic heterocycles. The van der Waals surface area contributed by atoms with Gasteiger partial charge >= 0.3 is 0 Å². The van der Waals surface area contributed by atoms with Crippen molar-refractivity contribution in [2.24, 2.45) is 0 Å². The number of aromatic nitrogens is 1. The van der Waals surface area contributed by atoms with E-state index in [4.69, 9.17) is 0 Å². The fourth-order valence-corrected chi connectivity index (χ4v) is 1.84. The fraction of sp³-hybridized carbons (Fsp3) is 0.111. The summed E-state index contributed by atoms with van der Waals surface area (Å²) in [5, 5.41) is 0. The SMILES string of the molecule is C=C(C)C(=O)N(C)c1ccccc1C#Cc1ccccn1. The maximum Gasteiger partial charge on any atom is 0.253 e. The first-order valence-corrected chi connectivity index (χ1v) is 6.55. The second-order valence-electron chi connectivity index (χ2n) is 4.63. The first-order chi connectivity index (χ1) is 10.1. The van der Waals surface area contributed by atoms with Crippen LogP contribution in [-0.2, 0) is 4.79 Å². The molecule has 3 heteroatoms. The van der Waals surface area contributed by atoms with E-state index in [2.05, 4.69) is 23.4 Å². The van der Waals surface area contributed by atoms with Crippen molar-refractivity contribution in [1.82, 2.24) is 4.98 Å². The molecule has 0 aliphatic heterocycles. The van der Waals surface area contributed by atoms with E-state index in [0.29, 0.717) is 11.3 Å². The van der Waals surface area contributed by atoms with E-state index in [1.807, 2.05) is 42.5 Å². The highest BCUT2D eigenvalue weighted by atomic mass is 16.2. The number of benzene rings is 1. The number of pyridine rings is 1. The van der Waals surface area contributed by atoms with E-state index in [-0.39, 0.29) is 5.91 Å². The van der Waals surface area contributed by atoms with E-state index >= 15 is 0 Å². The summed E-state index contributed by atoms with van der Waals surface area (Å²) < 4.78 is 0. The molecule has 1 aromatic carbocycles. The van der Waals surface area contributed by atoms with Crippen LogP contribution in [0.1, 0.15) is 18.2 Å². The number of amides is 1. The van der Waals surface area contributed by atoms with E-state index in [1.165, 1.54) is 0 Å². The Morgan fingerprint density at radius 1 is 1.14 bits per heavy atom. The Balaban J connectivity index is 2.36. The minimum Gasteiger partial charge on any atom is -0.310 e. The van der Waals surface area contributed by atoms with Crippen LogP contribution in [0.4, 0.5) is 5.69 Å². The summed E-state index contributed by atoms with van der Waals surface area (Å²) in [5.41, 5.74) is 2.72. The van der Waals surface area contributed by atoms with Gasteiger partial charge in [0.2, 0.25) is 0 Å².